The molecule has 102 valence electrons. The van der Waals surface area contributed by atoms with Gasteiger partial charge in [0.25, 0.3) is 0 Å². The molecule has 0 aliphatic heterocycles. The maximum Gasteiger partial charge on any atom is 0.0922 e. The summed E-state index contributed by atoms with van der Waals surface area (Å²) < 4.78 is 2.06. The fraction of sp³-hybridized carbons (Fsp3) is 0.467. The fourth-order valence-corrected chi connectivity index (χ4v) is 2.42. The molecule has 0 spiro atoms. The molecule has 0 saturated carbocycles. The molecule has 2 rings (SSSR count). The van der Waals surface area contributed by atoms with E-state index in [2.05, 4.69) is 46.1 Å². The highest BCUT2D eigenvalue weighted by molar-refractivity contribution is 5.29. The average Bonchev–Trinajstić information content (AvgIpc) is 2.89. The Kier molecular flexibility index (Phi) is 4.68. The lowest BCUT2D eigenvalue weighted by molar-refractivity contribution is 0.527. The van der Waals surface area contributed by atoms with Crippen LogP contribution in [0.1, 0.15) is 43.3 Å². The summed E-state index contributed by atoms with van der Waals surface area (Å²) in [6.45, 7) is 5.27. The predicted molar refractivity (Wildman–Crippen MR) is 77.0 cm³/mol. The molecule has 19 heavy (non-hydrogen) atoms. The van der Waals surface area contributed by atoms with Crippen LogP contribution in [0.2, 0.25) is 0 Å². The van der Waals surface area contributed by atoms with Gasteiger partial charge in [-0.3, -0.25) is 9.67 Å². The topological polar surface area (TPSA) is 42.7 Å². The van der Waals surface area contributed by atoms with Gasteiger partial charge in [0.05, 0.1) is 17.4 Å². The minimum Gasteiger partial charge on any atom is -0.307 e. The first-order chi connectivity index (χ1) is 9.31. The highest BCUT2D eigenvalue weighted by Crippen LogP contribution is 2.23. The normalized spacial score (nSPS) is 12.6. The number of pyridine rings is 1. The van der Waals surface area contributed by atoms with Gasteiger partial charge in [0.1, 0.15) is 0 Å². The molecule has 2 heterocycles. The van der Waals surface area contributed by atoms with Crippen molar-refractivity contribution in [1.29, 1.82) is 0 Å². The van der Waals surface area contributed by atoms with E-state index < -0.39 is 0 Å². The van der Waals surface area contributed by atoms with E-state index in [1.807, 2.05) is 25.5 Å². The van der Waals surface area contributed by atoms with E-state index in [0.29, 0.717) is 0 Å². The Morgan fingerprint density at radius 1 is 1.26 bits per heavy atom. The molecule has 4 heteroatoms. The smallest absolute Gasteiger partial charge is 0.0922 e. The Labute approximate surface area is 114 Å². The lowest BCUT2D eigenvalue weighted by Crippen LogP contribution is -2.23. The largest absolute Gasteiger partial charge is 0.307 e. The third kappa shape index (κ3) is 2.84. The second-order valence-corrected chi connectivity index (χ2v) is 4.60. The van der Waals surface area contributed by atoms with Crippen LogP contribution in [0, 0.1) is 0 Å². The van der Waals surface area contributed by atoms with Gasteiger partial charge >= 0.3 is 0 Å². The Bertz CT molecular complexity index is 518. The summed E-state index contributed by atoms with van der Waals surface area (Å²) in [5.41, 5.74) is 3.56. The summed E-state index contributed by atoms with van der Waals surface area (Å²) in [5.74, 6) is 0. The van der Waals surface area contributed by atoms with Crippen LogP contribution in [0.5, 0.6) is 0 Å². The first kappa shape index (κ1) is 13.7. The first-order valence-electron chi connectivity index (χ1n) is 6.94. The van der Waals surface area contributed by atoms with Gasteiger partial charge in [0.15, 0.2) is 0 Å². The maximum atomic E-state index is 4.57. The standard InChI is InChI=1S/C15H22N4/c1-4-11-19-13(8-10-18-19)15(16-3)14-12(5-2)7-6-9-17-14/h6-10,15-16H,4-5,11H2,1-3H3. The number of hydrogen-bond donors (Lipinski definition) is 1. The molecule has 1 atom stereocenters. The summed E-state index contributed by atoms with van der Waals surface area (Å²) in [6, 6.07) is 6.32. The van der Waals surface area contributed by atoms with Crippen LogP contribution >= 0.6 is 0 Å². The summed E-state index contributed by atoms with van der Waals surface area (Å²) in [4.78, 5) is 4.57. The van der Waals surface area contributed by atoms with Crippen LogP contribution in [0.4, 0.5) is 0 Å². The molecule has 1 N–H and O–H groups in total. The summed E-state index contributed by atoms with van der Waals surface area (Å²) >= 11 is 0. The highest BCUT2D eigenvalue weighted by atomic mass is 15.3. The summed E-state index contributed by atoms with van der Waals surface area (Å²) in [7, 11) is 1.97. The Morgan fingerprint density at radius 3 is 2.79 bits per heavy atom. The van der Waals surface area contributed by atoms with Crippen molar-refractivity contribution in [3.63, 3.8) is 0 Å². The first-order valence-corrected chi connectivity index (χ1v) is 6.94. The molecule has 4 nitrogen and oxygen atoms in total. The lowest BCUT2D eigenvalue weighted by Gasteiger charge is -2.19. The molecule has 2 aromatic rings. The molecule has 1 unspecified atom stereocenters. The number of aromatic nitrogens is 3. The van der Waals surface area contributed by atoms with Gasteiger partial charge in [-0.25, -0.2) is 0 Å². The monoisotopic (exact) mass is 258 g/mol. The van der Waals surface area contributed by atoms with Crippen molar-refractivity contribution in [3.05, 3.63) is 47.5 Å². The van der Waals surface area contributed by atoms with E-state index in [9.17, 15) is 0 Å². The summed E-state index contributed by atoms with van der Waals surface area (Å²) in [5, 5.41) is 7.78. The molecular formula is C15H22N4. The minimum absolute atomic E-state index is 0.102. The number of rotatable bonds is 6. The van der Waals surface area contributed by atoms with Crippen LogP contribution < -0.4 is 5.32 Å². The Morgan fingerprint density at radius 2 is 2.11 bits per heavy atom. The zero-order chi connectivity index (χ0) is 13.7. The second kappa shape index (κ2) is 6.48. The Hall–Kier alpha value is -1.68. The zero-order valence-electron chi connectivity index (χ0n) is 11.9. The second-order valence-electron chi connectivity index (χ2n) is 4.60. The summed E-state index contributed by atoms with van der Waals surface area (Å²) in [6.07, 6.45) is 5.79. The van der Waals surface area contributed by atoms with Crippen molar-refractivity contribution < 1.29 is 0 Å². The maximum absolute atomic E-state index is 4.57. The van der Waals surface area contributed by atoms with Crippen LogP contribution in [0.25, 0.3) is 0 Å². The minimum atomic E-state index is 0.102. The molecule has 2 aromatic heterocycles. The van der Waals surface area contributed by atoms with Crippen molar-refractivity contribution >= 4 is 0 Å². The van der Waals surface area contributed by atoms with E-state index in [0.717, 1.165) is 25.1 Å². The molecule has 0 aliphatic rings. The molecule has 0 aromatic carbocycles. The molecule has 0 saturated heterocycles. The number of aryl methyl sites for hydroxylation is 2. The van der Waals surface area contributed by atoms with Crippen molar-refractivity contribution in [1.82, 2.24) is 20.1 Å². The molecule has 0 aliphatic carbocycles. The van der Waals surface area contributed by atoms with Crippen molar-refractivity contribution in [2.75, 3.05) is 7.05 Å². The predicted octanol–water partition coefficient (Wildman–Crippen LogP) is 2.56. The van der Waals surface area contributed by atoms with E-state index in [1.165, 1.54) is 11.3 Å². The van der Waals surface area contributed by atoms with Crippen LogP contribution in [0.15, 0.2) is 30.6 Å². The molecular weight excluding hydrogens is 236 g/mol. The molecule has 0 amide bonds. The van der Waals surface area contributed by atoms with Gasteiger partial charge in [0, 0.05) is 18.9 Å². The van der Waals surface area contributed by atoms with E-state index in [4.69, 9.17) is 0 Å². The number of nitrogens with one attached hydrogen (secondary N) is 1. The van der Waals surface area contributed by atoms with Gasteiger partial charge in [-0.15, -0.1) is 0 Å². The van der Waals surface area contributed by atoms with Gasteiger partial charge in [0.2, 0.25) is 0 Å². The molecule has 0 radical (unpaired) electrons. The van der Waals surface area contributed by atoms with E-state index >= 15 is 0 Å². The molecule has 0 bridgehead atoms. The van der Waals surface area contributed by atoms with E-state index in [1.54, 1.807) is 0 Å². The zero-order valence-corrected chi connectivity index (χ0v) is 11.9. The SMILES string of the molecule is CCCn1nccc1C(NC)c1ncccc1CC. The highest BCUT2D eigenvalue weighted by Gasteiger charge is 2.19. The number of hydrogen-bond acceptors (Lipinski definition) is 3. The lowest BCUT2D eigenvalue weighted by atomic mass is 10.0. The average molecular weight is 258 g/mol. The quantitative estimate of drug-likeness (QED) is 0.866. The van der Waals surface area contributed by atoms with Crippen molar-refractivity contribution in [2.45, 2.75) is 39.3 Å². The van der Waals surface area contributed by atoms with Gasteiger partial charge in [-0.1, -0.05) is 19.9 Å². The Balaban J connectivity index is 2.41. The molecule has 0 fully saturated rings. The van der Waals surface area contributed by atoms with E-state index in [-0.39, 0.29) is 6.04 Å². The van der Waals surface area contributed by atoms with Gasteiger partial charge in [-0.2, -0.15) is 5.10 Å². The third-order valence-electron chi connectivity index (χ3n) is 3.35. The van der Waals surface area contributed by atoms with Gasteiger partial charge < -0.3 is 5.32 Å². The van der Waals surface area contributed by atoms with Crippen LogP contribution in [-0.2, 0) is 13.0 Å². The van der Waals surface area contributed by atoms with Crippen molar-refractivity contribution in [3.8, 4) is 0 Å². The van der Waals surface area contributed by atoms with Crippen LogP contribution in [0.3, 0.4) is 0 Å². The van der Waals surface area contributed by atoms with Crippen molar-refractivity contribution in [2.24, 2.45) is 0 Å². The van der Waals surface area contributed by atoms with Crippen LogP contribution in [-0.4, -0.2) is 21.8 Å². The number of nitrogens with zero attached hydrogens (tertiary/aromatic N) is 3. The van der Waals surface area contributed by atoms with Gasteiger partial charge in [-0.05, 0) is 37.6 Å². The fourth-order valence-electron chi connectivity index (χ4n) is 2.42. The third-order valence-corrected chi connectivity index (χ3v) is 3.35.